The average molecular weight is 479 g/mol. The van der Waals surface area contributed by atoms with E-state index in [-0.39, 0.29) is 43.4 Å². The van der Waals surface area contributed by atoms with Crippen LogP contribution in [0, 0.1) is 11.3 Å². The molecule has 0 bridgehead atoms. The number of carboxylic acids is 1. The number of nitrogens with zero attached hydrogens (tertiary/aromatic N) is 1. The molecule has 1 saturated heterocycles. The molecule has 1 aliphatic heterocycles. The summed E-state index contributed by atoms with van der Waals surface area (Å²) in [6, 6.07) is 16.2. The molecule has 1 heterocycles. The molecule has 2 amide bonds. The standard InChI is InChI=1S/C28H34N2O5/c1-4-19(13-14-25(31)30-15-18(2)28(3,17-30)26(32)33)29-27(34)35-16-24-22-11-7-5-9-20(22)21-10-6-8-12-23(21)24/h5-12,18-19,24H,4,13-17H2,1-3H3,(H,29,34)(H,32,33)/t18-,19?,28-/m1/s1. The number of fused-ring (bicyclic) bond motifs is 3. The lowest BCUT2D eigenvalue weighted by molar-refractivity contribution is -0.149. The molecule has 3 atom stereocenters. The van der Waals surface area contributed by atoms with E-state index in [2.05, 4.69) is 29.6 Å². The highest BCUT2D eigenvalue weighted by molar-refractivity contribution is 5.81. The van der Waals surface area contributed by atoms with E-state index in [1.54, 1.807) is 11.8 Å². The number of benzene rings is 2. The largest absolute Gasteiger partial charge is 0.481 e. The quantitative estimate of drug-likeness (QED) is 0.576. The van der Waals surface area contributed by atoms with Crippen LogP contribution in [-0.4, -0.2) is 53.7 Å². The van der Waals surface area contributed by atoms with Crippen molar-refractivity contribution in [3.63, 3.8) is 0 Å². The fraction of sp³-hybridized carbons (Fsp3) is 0.464. The van der Waals surface area contributed by atoms with Gasteiger partial charge in [0, 0.05) is 31.5 Å². The van der Waals surface area contributed by atoms with Gasteiger partial charge in [-0.2, -0.15) is 0 Å². The lowest BCUT2D eigenvalue weighted by Gasteiger charge is -2.23. The number of carbonyl (C=O) groups is 3. The average Bonchev–Trinajstić information content (AvgIpc) is 3.35. The maximum absolute atomic E-state index is 12.7. The van der Waals surface area contributed by atoms with Gasteiger partial charge in [-0.05, 0) is 47.9 Å². The molecule has 2 aromatic rings. The Morgan fingerprint density at radius 2 is 1.71 bits per heavy atom. The SMILES string of the molecule is CCC(CCC(=O)N1C[C@@H](C)[C@](C)(C(=O)O)C1)NC(=O)OCC1c2ccccc2-c2ccccc21. The number of aliphatic carboxylic acids is 1. The Labute approximate surface area is 206 Å². The van der Waals surface area contributed by atoms with E-state index < -0.39 is 17.5 Å². The first kappa shape index (κ1) is 24.8. The molecule has 1 fully saturated rings. The highest BCUT2D eigenvalue weighted by Gasteiger charge is 2.47. The summed E-state index contributed by atoms with van der Waals surface area (Å²) in [5.41, 5.74) is 3.76. The van der Waals surface area contributed by atoms with Crippen LogP contribution < -0.4 is 5.32 Å². The number of hydrogen-bond donors (Lipinski definition) is 2. The third kappa shape index (κ3) is 4.90. The van der Waals surface area contributed by atoms with Crippen molar-refractivity contribution in [1.29, 1.82) is 0 Å². The summed E-state index contributed by atoms with van der Waals surface area (Å²) in [5, 5.41) is 12.4. The van der Waals surface area contributed by atoms with E-state index in [9.17, 15) is 19.5 Å². The maximum Gasteiger partial charge on any atom is 0.407 e. The molecule has 0 saturated carbocycles. The predicted molar refractivity (Wildman–Crippen MR) is 133 cm³/mol. The number of carbonyl (C=O) groups excluding carboxylic acids is 2. The molecule has 7 nitrogen and oxygen atoms in total. The van der Waals surface area contributed by atoms with E-state index in [1.165, 1.54) is 11.1 Å². The van der Waals surface area contributed by atoms with Crippen LogP contribution in [0.5, 0.6) is 0 Å². The zero-order chi connectivity index (χ0) is 25.2. The van der Waals surface area contributed by atoms with Crippen LogP contribution in [0.4, 0.5) is 4.79 Å². The molecule has 0 radical (unpaired) electrons. The summed E-state index contributed by atoms with van der Waals surface area (Å²) >= 11 is 0. The lowest BCUT2D eigenvalue weighted by Crippen LogP contribution is -2.38. The minimum atomic E-state index is -0.917. The molecule has 7 heteroatoms. The summed E-state index contributed by atoms with van der Waals surface area (Å²) in [5.74, 6) is -1.06. The molecule has 2 aliphatic rings. The number of likely N-dealkylation sites (tertiary alicyclic amines) is 1. The van der Waals surface area contributed by atoms with Crippen molar-refractivity contribution in [3.8, 4) is 11.1 Å². The fourth-order valence-electron chi connectivity index (χ4n) is 5.26. The Kier molecular flexibility index (Phi) is 7.15. The molecule has 1 aliphatic carbocycles. The van der Waals surface area contributed by atoms with Gasteiger partial charge in [0.05, 0.1) is 5.41 Å². The van der Waals surface area contributed by atoms with Gasteiger partial charge in [0.2, 0.25) is 5.91 Å². The third-order valence-electron chi connectivity index (χ3n) is 7.81. The highest BCUT2D eigenvalue weighted by Crippen LogP contribution is 2.44. The molecule has 2 N–H and O–H groups in total. The number of hydrogen-bond acceptors (Lipinski definition) is 4. The van der Waals surface area contributed by atoms with Gasteiger partial charge in [0.15, 0.2) is 0 Å². The van der Waals surface area contributed by atoms with Gasteiger partial charge in [-0.15, -0.1) is 0 Å². The van der Waals surface area contributed by atoms with Crippen molar-refractivity contribution >= 4 is 18.0 Å². The topological polar surface area (TPSA) is 95.9 Å². The fourth-order valence-corrected chi connectivity index (χ4v) is 5.26. The third-order valence-corrected chi connectivity index (χ3v) is 7.81. The monoisotopic (exact) mass is 478 g/mol. The number of rotatable bonds is 8. The highest BCUT2D eigenvalue weighted by atomic mass is 16.5. The van der Waals surface area contributed by atoms with Crippen molar-refractivity contribution < 1.29 is 24.2 Å². The molecule has 35 heavy (non-hydrogen) atoms. The first-order valence-corrected chi connectivity index (χ1v) is 12.4. The van der Waals surface area contributed by atoms with Crippen molar-refractivity contribution in [2.75, 3.05) is 19.7 Å². The van der Waals surface area contributed by atoms with Gasteiger partial charge < -0.3 is 20.1 Å². The summed E-state index contributed by atoms with van der Waals surface area (Å²) in [4.78, 5) is 38.6. The first-order chi connectivity index (χ1) is 16.7. The molecular formula is C28H34N2O5. The van der Waals surface area contributed by atoms with Crippen LogP contribution >= 0.6 is 0 Å². The van der Waals surface area contributed by atoms with E-state index in [4.69, 9.17) is 4.74 Å². The van der Waals surface area contributed by atoms with Gasteiger partial charge in [-0.3, -0.25) is 9.59 Å². The van der Waals surface area contributed by atoms with Gasteiger partial charge in [0.1, 0.15) is 6.61 Å². The molecule has 4 rings (SSSR count). The number of nitrogens with one attached hydrogen (secondary N) is 1. The Morgan fingerprint density at radius 3 is 2.26 bits per heavy atom. The molecular weight excluding hydrogens is 444 g/mol. The van der Waals surface area contributed by atoms with E-state index in [0.717, 1.165) is 11.1 Å². The summed E-state index contributed by atoms with van der Waals surface area (Å²) in [6.45, 7) is 6.43. The minimum absolute atomic E-state index is 0.00416. The molecule has 0 aromatic heterocycles. The summed E-state index contributed by atoms with van der Waals surface area (Å²) in [6.07, 6.45) is 0.916. The van der Waals surface area contributed by atoms with Crippen LogP contribution in [-0.2, 0) is 14.3 Å². The van der Waals surface area contributed by atoms with E-state index >= 15 is 0 Å². The Morgan fingerprint density at radius 1 is 1.11 bits per heavy atom. The van der Waals surface area contributed by atoms with Crippen LogP contribution in [0.3, 0.4) is 0 Å². The van der Waals surface area contributed by atoms with E-state index in [0.29, 0.717) is 19.4 Å². The van der Waals surface area contributed by atoms with Crippen molar-refractivity contribution in [3.05, 3.63) is 59.7 Å². The summed E-state index contributed by atoms with van der Waals surface area (Å²) in [7, 11) is 0. The van der Waals surface area contributed by atoms with Crippen LogP contribution in [0.1, 0.15) is 57.1 Å². The Hall–Kier alpha value is -3.35. The normalized spacial score (nSPS) is 21.8. The van der Waals surface area contributed by atoms with Crippen LogP contribution in [0.15, 0.2) is 48.5 Å². The van der Waals surface area contributed by atoms with Gasteiger partial charge in [-0.25, -0.2) is 4.79 Å². The smallest absolute Gasteiger partial charge is 0.407 e. The zero-order valence-corrected chi connectivity index (χ0v) is 20.6. The number of carboxylic acid groups (broad SMARTS) is 1. The maximum atomic E-state index is 12.7. The van der Waals surface area contributed by atoms with Gasteiger partial charge in [0.25, 0.3) is 0 Å². The predicted octanol–water partition coefficient (Wildman–Crippen LogP) is 4.65. The minimum Gasteiger partial charge on any atom is -0.481 e. The number of amides is 2. The molecule has 186 valence electrons. The Balaban J connectivity index is 1.29. The molecule has 1 unspecified atom stereocenters. The number of alkyl carbamates (subject to hydrolysis) is 1. The zero-order valence-electron chi connectivity index (χ0n) is 20.6. The van der Waals surface area contributed by atoms with Crippen molar-refractivity contribution in [2.24, 2.45) is 11.3 Å². The van der Waals surface area contributed by atoms with Crippen molar-refractivity contribution in [2.45, 2.75) is 52.0 Å². The van der Waals surface area contributed by atoms with Gasteiger partial charge >= 0.3 is 12.1 Å². The Bertz CT molecular complexity index is 1070. The van der Waals surface area contributed by atoms with E-state index in [1.807, 2.05) is 38.1 Å². The van der Waals surface area contributed by atoms with Crippen molar-refractivity contribution in [1.82, 2.24) is 10.2 Å². The van der Waals surface area contributed by atoms with Crippen LogP contribution in [0.25, 0.3) is 11.1 Å². The second kappa shape index (κ2) is 10.1. The second-order valence-electron chi connectivity index (χ2n) is 10.0. The number of ether oxygens (including phenoxy) is 1. The lowest BCUT2D eigenvalue weighted by atomic mass is 9.81. The second-order valence-corrected chi connectivity index (χ2v) is 10.0. The summed E-state index contributed by atoms with van der Waals surface area (Å²) < 4.78 is 5.64. The van der Waals surface area contributed by atoms with Gasteiger partial charge in [-0.1, -0.05) is 62.4 Å². The first-order valence-electron chi connectivity index (χ1n) is 12.4. The molecule has 0 spiro atoms. The molecule has 2 aromatic carbocycles. The van der Waals surface area contributed by atoms with Crippen LogP contribution in [0.2, 0.25) is 0 Å².